The summed E-state index contributed by atoms with van der Waals surface area (Å²) in [7, 11) is -3.65. The van der Waals surface area contributed by atoms with E-state index in [0.717, 1.165) is 48.6 Å². The zero-order valence-electron chi connectivity index (χ0n) is 19.6. The molecule has 200 valence electrons. The summed E-state index contributed by atoms with van der Waals surface area (Å²) < 4.78 is 18.5. The van der Waals surface area contributed by atoms with E-state index in [1.54, 1.807) is 0 Å². The molecule has 0 rings (SSSR count). The average molecular weight is 537 g/mol. The van der Waals surface area contributed by atoms with E-state index in [0.29, 0.717) is 0 Å². The Morgan fingerprint density at radius 1 is 0.486 bits per heavy atom. The van der Waals surface area contributed by atoms with E-state index in [1.165, 1.54) is 22.8 Å². The van der Waals surface area contributed by atoms with Gasteiger partial charge in [-0.2, -0.15) is 0 Å². The first-order valence-electron chi connectivity index (χ1n) is 10.2. The van der Waals surface area contributed by atoms with E-state index in [4.69, 9.17) is 0 Å². The maximum absolute atomic E-state index is 12.1. The number of carbonyl (C=O) groups excluding carboxylic acids is 4. The van der Waals surface area contributed by atoms with Gasteiger partial charge in [0.25, 0.3) is 0 Å². The van der Waals surface area contributed by atoms with Gasteiger partial charge in [-0.05, 0) is 24.3 Å². The molecular formula is C24H28O12Si. The van der Waals surface area contributed by atoms with Crippen LogP contribution in [0.4, 0.5) is 0 Å². The van der Waals surface area contributed by atoms with Crippen LogP contribution in [0.3, 0.4) is 0 Å². The van der Waals surface area contributed by atoms with Crippen molar-refractivity contribution < 1.29 is 58.6 Å². The van der Waals surface area contributed by atoms with Crippen molar-refractivity contribution in [3.63, 3.8) is 0 Å². The molecule has 0 spiro atoms. The SMILES string of the molecule is C=CC(O)OC(=O)C=C[Si](C=CC(=O)OC(O)C=C)(C=CC(=O)OC(O)C=C)C=CC(=O)OC(O)C=C. The van der Waals surface area contributed by atoms with Crippen molar-refractivity contribution >= 4 is 32.0 Å². The quantitative estimate of drug-likeness (QED) is 0.0518. The van der Waals surface area contributed by atoms with Crippen molar-refractivity contribution in [3.8, 4) is 0 Å². The molecule has 0 bridgehead atoms. The minimum Gasteiger partial charge on any atom is -0.429 e. The van der Waals surface area contributed by atoms with Crippen molar-refractivity contribution in [2.24, 2.45) is 0 Å². The fraction of sp³-hybridized carbons (Fsp3) is 0.167. The summed E-state index contributed by atoms with van der Waals surface area (Å²) in [5.41, 5.74) is 4.67. The van der Waals surface area contributed by atoms with Crippen LogP contribution in [0.2, 0.25) is 0 Å². The minimum atomic E-state index is -3.65. The Hall–Kier alpha value is -4.14. The fourth-order valence-corrected chi connectivity index (χ4v) is 4.37. The van der Waals surface area contributed by atoms with Crippen LogP contribution in [0.1, 0.15) is 0 Å². The molecule has 0 heterocycles. The predicted octanol–water partition coefficient (Wildman–Crippen LogP) is 0.00720. The molecule has 0 aromatic rings. The second kappa shape index (κ2) is 17.3. The minimum absolute atomic E-state index is 0.843. The van der Waals surface area contributed by atoms with Crippen LogP contribution in [0, 0.1) is 0 Å². The molecule has 4 atom stereocenters. The lowest BCUT2D eigenvalue weighted by molar-refractivity contribution is -0.155. The molecule has 0 aromatic carbocycles. The Bertz CT molecular complexity index is 821. The highest BCUT2D eigenvalue weighted by atomic mass is 28.3. The lowest BCUT2D eigenvalue weighted by Crippen LogP contribution is -2.28. The largest absolute Gasteiger partial charge is 0.429 e. The Balaban J connectivity index is 6.52. The van der Waals surface area contributed by atoms with Gasteiger partial charge in [-0.3, -0.25) is 0 Å². The molecule has 4 unspecified atom stereocenters. The smallest absolute Gasteiger partial charge is 0.332 e. The van der Waals surface area contributed by atoms with Crippen molar-refractivity contribution in [2.45, 2.75) is 25.2 Å². The molecule has 0 aliphatic carbocycles. The van der Waals surface area contributed by atoms with E-state index < -0.39 is 57.1 Å². The number of hydrogen-bond donors (Lipinski definition) is 4. The first-order chi connectivity index (χ1) is 17.4. The number of carbonyl (C=O) groups is 4. The molecule has 0 amide bonds. The summed E-state index contributed by atoms with van der Waals surface area (Å²) in [6.07, 6.45) is 0.575. The topological polar surface area (TPSA) is 186 Å². The van der Waals surface area contributed by atoms with Gasteiger partial charge in [-0.15, -0.1) is 0 Å². The molecule has 13 heteroatoms. The summed E-state index contributed by atoms with van der Waals surface area (Å²) in [5.74, 6) is -4.23. The molecule has 0 aliphatic heterocycles. The molecule has 37 heavy (non-hydrogen) atoms. The van der Waals surface area contributed by atoms with Crippen molar-refractivity contribution in [3.05, 3.63) is 97.7 Å². The van der Waals surface area contributed by atoms with Gasteiger partial charge in [0.15, 0.2) is 8.07 Å². The summed E-state index contributed by atoms with van der Waals surface area (Å²) in [6, 6.07) is 0. The first kappa shape index (κ1) is 32.9. The van der Waals surface area contributed by atoms with E-state index in [9.17, 15) is 39.6 Å². The highest BCUT2D eigenvalue weighted by Crippen LogP contribution is 2.14. The van der Waals surface area contributed by atoms with E-state index in [-0.39, 0.29) is 0 Å². The standard InChI is InChI=1S/C24H28O12Si/c1-5-17(25)33-21(29)9-13-37(14-10-22(30)34-18(26)6-2,15-11-23(31)35-19(27)7-3)16-12-24(32)36-20(28)8-4/h5-20,25-28H,1-4H2. The second-order valence-corrected chi connectivity index (χ2v) is 9.92. The lowest BCUT2D eigenvalue weighted by Gasteiger charge is -2.17. The Morgan fingerprint density at radius 2 is 0.676 bits per heavy atom. The van der Waals surface area contributed by atoms with Gasteiger partial charge >= 0.3 is 23.9 Å². The maximum Gasteiger partial charge on any atom is 0.332 e. The third-order valence-corrected chi connectivity index (χ3v) is 6.76. The van der Waals surface area contributed by atoms with E-state index in [1.807, 2.05) is 0 Å². The number of aliphatic hydroxyl groups excluding tert-OH is 4. The van der Waals surface area contributed by atoms with Crippen LogP contribution in [0.15, 0.2) is 97.7 Å². The number of aliphatic hydroxyl groups is 4. The third kappa shape index (κ3) is 14.8. The monoisotopic (exact) mass is 536 g/mol. The lowest BCUT2D eigenvalue weighted by atomic mass is 10.6. The van der Waals surface area contributed by atoms with Gasteiger partial charge in [0.05, 0.1) is 0 Å². The average Bonchev–Trinajstić information content (AvgIpc) is 2.87. The van der Waals surface area contributed by atoms with E-state index in [2.05, 4.69) is 45.3 Å². The molecular weight excluding hydrogens is 508 g/mol. The molecule has 4 N–H and O–H groups in total. The Morgan fingerprint density at radius 3 is 0.838 bits per heavy atom. The summed E-state index contributed by atoms with van der Waals surface area (Å²) in [4.78, 5) is 48.2. The van der Waals surface area contributed by atoms with Gasteiger partial charge in [-0.1, -0.05) is 49.1 Å². The molecule has 0 saturated carbocycles. The normalized spacial score (nSPS) is 16.3. The van der Waals surface area contributed by atoms with Gasteiger partial charge in [0.1, 0.15) is 0 Å². The van der Waals surface area contributed by atoms with Crippen LogP contribution < -0.4 is 0 Å². The van der Waals surface area contributed by atoms with Crippen LogP contribution >= 0.6 is 0 Å². The molecule has 0 saturated heterocycles. The fourth-order valence-electron chi connectivity index (χ4n) is 2.01. The van der Waals surface area contributed by atoms with Gasteiger partial charge < -0.3 is 39.4 Å². The van der Waals surface area contributed by atoms with Gasteiger partial charge in [0, 0.05) is 24.3 Å². The summed E-state index contributed by atoms with van der Waals surface area (Å²) in [6.45, 7) is 13.0. The third-order valence-electron chi connectivity index (χ3n) is 3.79. The zero-order chi connectivity index (χ0) is 28.4. The van der Waals surface area contributed by atoms with Gasteiger partial charge in [-0.25, -0.2) is 19.2 Å². The second-order valence-electron chi connectivity index (χ2n) is 6.59. The Kier molecular flexibility index (Phi) is 15.4. The molecule has 0 radical (unpaired) electrons. The number of esters is 4. The van der Waals surface area contributed by atoms with Crippen molar-refractivity contribution in [2.75, 3.05) is 0 Å². The van der Waals surface area contributed by atoms with Crippen LogP contribution in [0.5, 0.6) is 0 Å². The predicted molar refractivity (Wildman–Crippen MR) is 131 cm³/mol. The van der Waals surface area contributed by atoms with Gasteiger partial charge in [0.2, 0.25) is 25.2 Å². The van der Waals surface area contributed by atoms with Crippen LogP contribution in [0.25, 0.3) is 0 Å². The number of hydrogen-bond acceptors (Lipinski definition) is 12. The van der Waals surface area contributed by atoms with E-state index >= 15 is 0 Å². The number of ether oxygens (including phenoxy) is 4. The highest BCUT2D eigenvalue weighted by molar-refractivity contribution is 6.97. The van der Waals surface area contributed by atoms with Crippen LogP contribution in [-0.4, -0.2) is 77.5 Å². The maximum atomic E-state index is 12.1. The van der Waals surface area contributed by atoms with Crippen LogP contribution in [-0.2, 0) is 38.1 Å². The molecule has 0 aromatic heterocycles. The highest BCUT2D eigenvalue weighted by Gasteiger charge is 2.24. The van der Waals surface area contributed by atoms with Crippen molar-refractivity contribution in [1.29, 1.82) is 0 Å². The molecule has 0 aliphatic rings. The van der Waals surface area contributed by atoms with Crippen molar-refractivity contribution in [1.82, 2.24) is 0 Å². The summed E-state index contributed by atoms with van der Waals surface area (Å²) in [5, 5.41) is 37.6. The zero-order valence-corrected chi connectivity index (χ0v) is 20.6. The Labute approximate surface area is 213 Å². The molecule has 12 nitrogen and oxygen atoms in total. The molecule has 0 fully saturated rings. The number of rotatable bonds is 16. The first-order valence-corrected chi connectivity index (χ1v) is 12.5. The summed E-state index contributed by atoms with van der Waals surface area (Å²) >= 11 is 0.